The zero-order valence-electron chi connectivity index (χ0n) is 13.9. The fourth-order valence-electron chi connectivity index (χ4n) is 1.27. The first-order valence-electron chi connectivity index (χ1n) is 7.70. The smallest absolute Gasteiger partial charge is 0.223 e. The maximum absolute atomic E-state index is 10.7. The second kappa shape index (κ2) is 12.5. The van der Waals surface area contributed by atoms with Crippen LogP contribution in [0.15, 0.2) is 0 Å². The van der Waals surface area contributed by atoms with Gasteiger partial charge in [-0.2, -0.15) is 0 Å². The molecule has 1 amide bonds. The average molecular weight is 273 g/mol. The predicted molar refractivity (Wildman–Crippen MR) is 83.1 cm³/mol. The molecule has 1 aliphatic rings. The summed E-state index contributed by atoms with van der Waals surface area (Å²) in [6.07, 6.45) is 5.50. The van der Waals surface area contributed by atoms with Gasteiger partial charge in [-0.3, -0.25) is 4.79 Å². The molecule has 0 radical (unpaired) electrons. The number of rotatable bonds is 4. The zero-order valence-corrected chi connectivity index (χ0v) is 13.9. The molecule has 0 aromatic heterocycles. The van der Waals surface area contributed by atoms with Crippen LogP contribution in [-0.4, -0.2) is 24.2 Å². The Kier molecular flexibility index (Phi) is 13.6. The van der Waals surface area contributed by atoms with Gasteiger partial charge in [0, 0.05) is 19.1 Å². The molecule has 19 heavy (non-hydrogen) atoms. The first kappa shape index (κ1) is 20.7. The standard InChI is InChI=1S/C7H16O.C6H11NO.C3H8/c1-7(2,3)5-4-6-8;1-2-7-6(8)5-3-4-5;1-3-2/h8H,4-6H2,1-3H3;5H,2-4H2,1H3,(H,7,8);3H2,1-2H3. The molecular formula is C16H35NO2. The maximum Gasteiger partial charge on any atom is 0.223 e. The normalized spacial score (nSPS) is 13.6. The Labute approximate surface area is 120 Å². The lowest BCUT2D eigenvalue weighted by Crippen LogP contribution is -2.23. The third-order valence-corrected chi connectivity index (χ3v) is 2.38. The largest absolute Gasteiger partial charge is 0.396 e. The number of aliphatic hydroxyl groups excluding tert-OH is 1. The number of carbonyl (C=O) groups excluding carboxylic acids is 1. The molecule has 0 aliphatic heterocycles. The Morgan fingerprint density at radius 1 is 1.21 bits per heavy atom. The molecule has 1 saturated carbocycles. The fourth-order valence-corrected chi connectivity index (χ4v) is 1.27. The van der Waals surface area contributed by atoms with Crippen LogP contribution in [0.2, 0.25) is 0 Å². The van der Waals surface area contributed by atoms with Crippen LogP contribution >= 0.6 is 0 Å². The van der Waals surface area contributed by atoms with E-state index in [-0.39, 0.29) is 5.91 Å². The van der Waals surface area contributed by atoms with Gasteiger partial charge in [0.15, 0.2) is 0 Å². The molecule has 0 unspecified atom stereocenters. The van der Waals surface area contributed by atoms with Gasteiger partial charge in [0.25, 0.3) is 0 Å². The summed E-state index contributed by atoms with van der Waals surface area (Å²) in [6, 6.07) is 0. The van der Waals surface area contributed by atoms with Gasteiger partial charge in [0.05, 0.1) is 0 Å². The Morgan fingerprint density at radius 2 is 1.68 bits per heavy atom. The Hall–Kier alpha value is -0.570. The highest BCUT2D eigenvalue weighted by molar-refractivity contribution is 5.80. The molecule has 0 saturated heterocycles. The lowest BCUT2D eigenvalue weighted by molar-refractivity contribution is -0.122. The minimum atomic E-state index is 0.243. The van der Waals surface area contributed by atoms with Gasteiger partial charge < -0.3 is 10.4 Å². The van der Waals surface area contributed by atoms with Gasteiger partial charge >= 0.3 is 0 Å². The number of amides is 1. The number of hydrogen-bond acceptors (Lipinski definition) is 2. The Bertz CT molecular complexity index is 205. The summed E-state index contributed by atoms with van der Waals surface area (Å²) in [5, 5.41) is 11.2. The van der Waals surface area contributed by atoms with Gasteiger partial charge in [0.1, 0.15) is 0 Å². The molecule has 0 bridgehead atoms. The molecule has 3 nitrogen and oxygen atoms in total. The lowest BCUT2D eigenvalue weighted by Gasteiger charge is -2.16. The zero-order chi connectivity index (χ0) is 15.3. The fraction of sp³-hybridized carbons (Fsp3) is 0.938. The van der Waals surface area contributed by atoms with Crippen molar-refractivity contribution in [2.24, 2.45) is 11.3 Å². The quantitative estimate of drug-likeness (QED) is 0.819. The molecule has 2 N–H and O–H groups in total. The summed E-state index contributed by atoms with van der Waals surface area (Å²) in [5.41, 5.74) is 0.392. The van der Waals surface area contributed by atoms with Crippen molar-refractivity contribution in [3.8, 4) is 0 Å². The second-order valence-electron chi connectivity index (χ2n) is 6.26. The Morgan fingerprint density at radius 3 is 1.89 bits per heavy atom. The number of aliphatic hydroxyl groups is 1. The van der Waals surface area contributed by atoms with Gasteiger partial charge in [-0.25, -0.2) is 0 Å². The third kappa shape index (κ3) is 19.9. The molecule has 116 valence electrons. The van der Waals surface area contributed by atoms with E-state index in [1.54, 1.807) is 0 Å². The molecule has 0 heterocycles. The molecule has 1 aliphatic carbocycles. The highest BCUT2D eigenvalue weighted by Gasteiger charge is 2.28. The summed E-state index contributed by atoms with van der Waals surface area (Å²) in [7, 11) is 0. The maximum atomic E-state index is 10.7. The molecule has 0 aromatic carbocycles. The van der Waals surface area contributed by atoms with Gasteiger partial charge in [-0.05, 0) is 38.0 Å². The van der Waals surface area contributed by atoms with Gasteiger partial charge in [0.2, 0.25) is 5.91 Å². The topological polar surface area (TPSA) is 49.3 Å². The van der Waals surface area contributed by atoms with E-state index >= 15 is 0 Å². The highest BCUT2D eigenvalue weighted by Crippen LogP contribution is 2.28. The van der Waals surface area contributed by atoms with E-state index in [4.69, 9.17) is 5.11 Å². The number of hydrogen-bond donors (Lipinski definition) is 2. The van der Waals surface area contributed by atoms with Crippen molar-refractivity contribution < 1.29 is 9.90 Å². The van der Waals surface area contributed by atoms with Crippen molar-refractivity contribution in [1.82, 2.24) is 5.32 Å². The van der Waals surface area contributed by atoms with Crippen molar-refractivity contribution in [1.29, 1.82) is 0 Å². The van der Waals surface area contributed by atoms with Crippen LogP contribution in [0.1, 0.15) is 73.6 Å². The minimum absolute atomic E-state index is 0.243. The van der Waals surface area contributed by atoms with Gasteiger partial charge in [-0.1, -0.05) is 41.0 Å². The van der Waals surface area contributed by atoms with Crippen molar-refractivity contribution in [3.05, 3.63) is 0 Å². The van der Waals surface area contributed by atoms with E-state index in [2.05, 4.69) is 39.9 Å². The molecule has 3 heteroatoms. The summed E-state index contributed by atoms with van der Waals surface area (Å²) in [4.78, 5) is 10.7. The van der Waals surface area contributed by atoms with Crippen LogP contribution in [0.25, 0.3) is 0 Å². The van der Waals surface area contributed by atoms with Gasteiger partial charge in [-0.15, -0.1) is 0 Å². The van der Waals surface area contributed by atoms with Crippen LogP contribution in [-0.2, 0) is 4.79 Å². The predicted octanol–water partition coefficient (Wildman–Crippen LogP) is 3.75. The first-order valence-corrected chi connectivity index (χ1v) is 7.70. The van der Waals surface area contributed by atoms with E-state index in [0.29, 0.717) is 17.9 Å². The summed E-state index contributed by atoms with van der Waals surface area (Å²) >= 11 is 0. The Balaban J connectivity index is 0. The first-order chi connectivity index (χ1) is 8.82. The van der Waals surface area contributed by atoms with E-state index < -0.39 is 0 Å². The lowest BCUT2D eigenvalue weighted by atomic mass is 9.91. The van der Waals surface area contributed by atoms with Crippen LogP contribution in [0.3, 0.4) is 0 Å². The summed E-state index contributed by atoms with van der Waals surface area (Å²) in [6.45, 7) is 13.8. The van der Waals surface area contributed by atoms with E-state index in [1.807, 2.05) is 6.92 Å². The highest BCUT2D eigenvalue weighted by atomic mass is 16.2. The average Bonchev–Trinajstić information content (AvgIpc) is 3.11. The molecule has 0 spiro atoms. The van der Waals surface area contributed by atoms with E-state index in [1.165, 1.54) is 6.42 Å². The van der Waals surface area contributed by atoms with Crippen molar-refractivity contribution in [2.45, 2.75) is 73.6 Å². The van der Waals surface area contributed by atoms with E-state index in [0.717, 1.165) is 32.2 Å². The van der Waals surface area contributed by atoms with Crippen molar-refractivity contribution in [3.63, 3.8) is 0 Å². The number of carbonyl (C=O) groups is 1. The van der Waals surface area contributed by atoms with Crippen LogP contribution in [0.4, 0.5) is 0 Å². The van der Waals surface area contributed by atoms with Crippen molar-refractivity contribution in [2.75, 3.05) is 13.2 Å². The second-order valence-corrected chi connectivity index (χ2v) is 6.26. The molecule has 1 fully saturated rings. The summed E-state index contributed by atoms with van der Waals surface area (Å²) < 4.78 is 0. The minimum Gasteiger partial charge on any atom is -0.396 e. The van der Waals surface area contributed by atoms with E-state index in [9.17, 15) is 4.79 Å². The van der Waals surface area contributed by atoms with Crippen LogP contribution in [0, 0.1) is 11.3 Å². The molecule has 0 aromatic rings. The molecule has 0 atom stereocenters. The SMILES string of the molecule is CC(C)(C)CCCO.CCC.CCNC(=O)C1CC1. The van der Waals surface area contributed by atoms with Crippen molar-refractivity contribution >= 4 is 5.91 Å². The van der Waals surface area contributed by atoms with Crippen LogP contribution in [0.5, 0.6) is 0 Å². The third-order valence-electron chi connectivity index (χ3n) is 2.38. The summed E-state index contributed by atoms with van der Waals surface area (Å²) in [5.74, 6) is 0.613. The molecule has 1 rings (SSSR count). The monoisotopic (exact) mass is 273 g/mol. The molecular weight excluding hydrogens is 238 g/mol. The van der Waals surface area contributed by atoms with Crippen LogP contribution < -0.4 is 5.32 Å². The number of nitrogens with one attached hydrogen (secondary N) is 1.